The van der Waals surface area contributed by atoms with E-state index in [0.717, 1.165) is 41.5 Å². The number of ketones is 1. The van der Waals surface area contributed by atoms with E-state index in [-0.39, 0.29) is 5.78 Å². The van der Waals surface area contributed by atoms with Crippen molar-refractivity contribution in [1.82, 2.24) is 0 Å². The number of carbonyl (C=O) groups is 1. The molecule has 1 fully saturated rings. The smallest absolute Gasteiger partial charge is 0.185 e. The van der Waals surface area contributed by atoms with Crippen LogP contribution in [0.2, 0.25) is 0 Å². The van der Waals surface area contributed by atoms with Crippen LogP contribution in [0.15, 0.2) is 44.8 Å². The predicted octanol–water partition coefficient (Wildman–Crippen LogP) is 5.03. The summed E-state index contributed by atoms with van der Waals surface area (Å²) >= 11 is 3.33. The Kier molecular flexibility index (Phi) is 3.76. The van der Waals surface area contributed by atoms with Gasteiger partial charge in [0.25, 0.3) is 0 Å². The summed E-state index contributed by atoms with van der Waals surface area (Å²) in [5, 5.41) is 8.25. The third kappa shape index (κ3) is 2.94. The van der Waals surface area contributed by atoms with Gasteiger partial charge in [-0.25, -0.2) is 0 Å². The standard InChI is InChI=1S/C16H14OS2/c17-16-14(8-12-4-6-18-10-12)2-1-3-15(16)9-13-5-7-19-11-13/h4-11H,1-3H2. The summed E-state index contributed by atoms with van der Waals surface area (Å²) in [6.45, 7) is 0. The molecular formula is C16H14OS2. The summed E-state index contributed by atoms with van der Waals surface area (Å²) in [4.78, 5) is 12.4. The van der Waals surface area contributed by atoms with Gasteiger partial charge >= 0.3 is 0 Å². The second-order valence-electron chi connectivity index (χ2n) is 4.64. The Morgan fingerprint density at radius 3 is 1.84 bits per heavy atom. The van der Waals surface area contributed by atoms with Crippen LogP contribution >= 0.6 is 22.7 Å². The minimum atomic E-state index is 0.226. The van der Waals surface area contributed by atoms with E-state index in [1.165, 1.54) is 0 Å². The van der Waals surface area contributed by atoms with Crippen molar-refractivity contribution in [3.05, 3.63) is 55.9 Å². The van der Waals surface area contributed by atoms with Gasteiger partial charge in [0.1, 0.15) is 0 Å². The minimum absolute atomic E-state index is 0.226. The largest absolute Gasteiger partial charge is 0.289 e. The van der Waals surface area contributed by atoms with Crippen molar-refractivity contribution >= 4 is 40.6 Å². The van der Waals surface area contributed by atoms with Gasteiger partial charge in [0.15, 0.2) is 5.78 Å². The summed E-state index contributed by atoms with van der Waals surface area (Å²) in [5.74, 6) is 0.226. The van der Waals surface area contributed by atoms with Gasteiger partial charge in [-0.3, -0.25) is 4.79 Å². The zero-order chi connectivity index (χ0) is 13.1. The Labute approximate surface area is 120 Å². The normalized spacial score (nSPS) is 20.3. The van der Waals surface area contributed by atoms with E-state index >= 15 is 0 Å². The van der Waals surface area contributed by atoms with E-state index in [1.807, 2.05) is 22.9 Å². The number of hydrogen-bond donors (Lipinski definition) is 0. The average Bonchev–Trinajstić information content (AvgIpc) is 3.07. The van der Waals surface area contributed by atoms with Crippen LogP contribution < -0.4 is 0 Å². The van der Waals surface area contributed by atoms with Crippen molar-refractivity contribution in [3.8, 4) is 0 Å². The third-order valence-electron chi connectivity index (χ3n) is 3.24. The Morgan fingerprint density at radius 2 is 1.42 bits per heavy atom. The zero-order valence-electron chi connectivity index (χ0n) is 10.5. The molecule has 3 heteroatoms. The molecule has 0 saturated heterocycles. The minimum Gasteiger partial charge on any atom is -0.289 e. The highest BCUT2D eigenvalue weighted by molar-refractivity contribution is 7.08. The van der Waals surface area contributed by atoms with Crippen molar-refractivity contribution in [1.29, 1.82) is 0 Å². The molecule has 0 bridgehead atoms. The maximum atomic E-state index is 12.4. The van der Waals surface area contributed by atoms with E-state index in [2.05, 4.69) is 22.9 Å². The molecule has 1 aliphatic rings. The molecule has 2 aromatic heterocycles. The molecule has 3 rings (SSSR count). The maximum absolute atomic E-state index is 12.4. The molecule has 0 unspecified atom stereocenters. The lowest BCUT2D eigenvalue weighted by Crippen LogP contribution is -2.12. The molecule has 0 radical (unpaired) electrons. The zero-order valence-corrected chi connectivity index (χ0v) is 12.1. The highest BCUT2D eigenvalue weighted by atomic mass is 32.1. The van der Waals surface area contributed by atoms with Crippen LogP contribution in [0.5, 0.6) is 0 Å². The summed E-state index contributed by atoms with van der Waals surface area (Å²) in [7, 11) is 0. The fraction of sp³-hybridized carbons (Fsp3) is 0.188. The first-order chi connectivity index (χ1) is 9.33. The molecule has 0 atom stereocenters. The molecule has 1 nitrogen and oxygen atoms in total. The molecule has 2 aromatic rings. The third-order valence-corrected chi connectivity index (χ3v) is 4.65. The number of thiophene rings is 2. The van der Waals surface area contributed by atoms with Gasteiger partial charge in [-0.1, -0.05) is 0 Å². The van der Waals surface area contributed by atoms with Gasteiger partial charge in [-0.05, 0) is 76.2 Å². The Hall–Kier alpha value is -1.45. The molecule has 0 aromatic carbocycles. The Bertz CT molecular complexity index is 562. The molecule has 2 heterocycles. The topological polar surface area (TPSA) is 17.1 Å². The van der Waals surface area contributed by atoms with Crippen molar-refractivity contribution in [2.75, 3.05) is 0 Å². The van der Waals surface area contributed by atoms with E-state index in [4.69, 9.17) is 0 Å². The average molecular weight is 286 g/mol. The van der Waals surface area contributed by atoms with Crippen LogP contribution in [0.25, 0.3) is 12.2 Å². The summed E-state index contributed by atoms with van der Waals surface area (Å²) in [6.07, 6.45) is 6.95. The molecule has 0 spiro atoms. The van der Waals surface area contributed by atoms with Crippen LogP contribution in [-0.2, 0) is 4.79 Å². The van der Waals surface area contributed by atoms with Crippen molar-refractivity contribution < 1.29 is 4.79 Å². The van der Waals surface area contributed by atoms with Crippen molar-refractivity contribution in [2.45, 2.75) is 19.3 Å². The molecule has 1 aliphatic carbocycles. The van der Waals surface area contributed by atoms with Gasteiger partial charge in [0.05, 0.1) is 0 Å². The van der Waals surface area contributed by atoms with Crippen molar-refractivity contribution in [3.63, 3.8) is 0 Å². The van der Waals surface area contributed by atoms with E-state index in [9.17, 15) is 4.79 Å². The molecule has 1 saturated carbocycles. The number of allylic oxidation sites excluding steroid dienone is 2. The first-order valence-corrected chi connectivity index (χ1v) is 8.22. The van der Waals surface area contributed by atoms with Gasteiger partial charge in [-0.15, -0.1) is 0 Å². The SMILES string of the molecule is O=C1C(=Cc2ccsc2)CCCC1=Cc1ccsc1. The number of Topliss-reactive ketones (excluding diaryl/α,β-unsaturated/α-hetero) is 1. The van der Waals surface area contributed by atoms with Crippen molar-refractivity contribution in [2.24, 2.45) is 0 Å². The molecular weight excluding hydrogens is 272 g/mol. The number of carbonyl (C=O) groups excluding carboxylic acids is 1. The van der Waals surface area contributed by atoms with Gasteiger partial charge in [-0.2, -0.15) is 22.7 Å². The lowest BCUT2D eigenvalue weighted by molar-refractivity contribution is -0.112. The second kappa shape index (κ2) is 5.68. The highest BCUT2D eigenvalue weighted by Gasteiger charge is 2.20. The van der Waals surface area contributed by atoms with Gasteiger partial charge in [0, 0.05) is 11.1 Å². The second-order valence-corrected chi connectivity index (χ2v) is 6.20. The van der Waals surface area contributed by atoms with E-state index in [1.54, 1.807) is 22.7 Å². The monoisotopic (exact) mass is 286 g/mol. The van der Waals surface area contributed by atoms with E-state index in [0.29, 0.717) is 0 Å². The molecule has 0 N–H and O–H groups in total. The highest BCUT2D eigenvalue weighted by Crippen LogP contribution is 2.28. The first-order valence-electron chi connectivity index (χ1n) is 6.33. The summed E-state index contributed by atoms with van der Waals surface area (Å²) in [5.41, 5.74) is 4.19. The molecule has 0 aliphatic heterocycles. The Morgan fingerprint density at radius 1 is 0.895 bits per heavy atom. The maximum Gasteiger partial charge on any atom is 0.185 e. The van der Waals surface area contributed by atoms with Gasteiger partial charge in [0.2, 0.25) is 0 Å². The van der Waals surface area contributed by atoms with Crippen LogP contribution in [-0.4, -0.2) is 5.78 Å². The summed E-state index contributed by atoms with van der Waals surface area (Å²) < 4.78 is 0. The molecule has 19 heavy (non-hydrogen) atoms. The van der Waals surface area contributed by atoms with Crippen LogP contribution in [0, 0.1) is 0 Å². The Balaban J connectivity index is 1.87. The number of rotatable bonds is 2. The van der Waals surface area contributed by atoms with E-state index < -0.39 is 0 Å². The molecule has 0 amide bonds. The van der Waals surface area contributed by atoms with Gasteiger partial charge < -0.3 is 0 Å². The lowest BCUT2D eigenvalue weighted by atomic mass is 9.87. The first kappa shape index (κ1) is 12.6. The lowest BCUT2D eigenvalue weighted by Gasteiger charge is -2.16. The number of hydrogen-bond acceptors (Lipinski definition) is 3. The van der Waals surface area contributed by atoms with Crippen LogP contribution in [0.3, 0.4) is 0 Å². The van der Waals surface area contributed by atoms with Crippen LogP contribution in [0.4, 0.5) is 0 Å². The fourth-order valence-electron chi connectivity index (χ4n) is 2.29. The molecule has 96 valence electrons. The quantitative estimate of drug-likeness (QED) is 0.708. The fourth-order valence-corrected chi connectivity index (χ4v) is 3.53. The predicted molar refractivity (Wildman–Crippen MR) is 83.5 cm³/mol. The summed E-state index contributed by atoms with van der Waals surface area (Å²) in [6, 6.07) is 4.11. The van der Waals surface area contributed by atoms with Crippen LogP contribution in [0.1, 0.15) is 30.4 Å².